The lowest BCUT2D eigenvalue weighted by Gasteiger charge is -2.22. The molecule has 1 unspecified atom stereocenters. The van der Waals surface area contributed by atoms with E-state index >= 15 is 0 Å². The lowest BCUT2D eigenvalue weighted by molar-refractivity contribution is 0.0595. The maximum absolute atomic E-state index is 11.7. The first-order valence-corrected chi connectivity index (χ1v) is 7.10. The Bertz CT molecular complexity index is 414. The van der Waals surface area contributed by atoms with Crippen LogP contribution in [-0.2, 0) is 4.74 Å². The predicted octanol–water partition coefficient (Wildman–Crippen LogP) is 1.25. The first-order valence-electron chi connectivity index (χ1n) is 7.10. The Kier molecular flexibility index (Phi) is 5.83. The highest BCUT2D eigenvalue weighted by Gasteiger charge is 2.13. The molecule has 1 aliphatic heterocycles. The molecule has 0 aromatic heterocycles. The van der Waals surface area contributed by atoms with E-state index in [9.17, 15) is 4.79 Å². The lowest BCUT2D eigenvalue weighted by atomic mass is 10.0. The Morgan fingerprint density at radius 1 is 1.35 bits per heavy atom. The van der Waals surface area contributed by atoms with Gasteiger partial charge in [0.15, 0.2) is 0 Å². The molecule has 5 nitrogen and oxygen atoms in total. The number of anilines is 1. The first kappa shape index (κ1) is 14.8. The van der Waals surface area contributed by atoms with E-state index in [1.54, 1.807) is 12.1 Å². The number of carbonyl (C=O) groups excluding carboxylic acids is 1. The maximum Gasteiger partial charge on any atom is 0.251 e. The second kappa shape index (κ2) is 7.87. The van der Waals surface area contributed by atoms with E-state index in [1.165, 1.54) is 6.42 Å². The molecule has 0 bridgehead atoms. The summed E-state index contributed by atoms with van der Waals surface area (Å²) in [7, 11) is 0. The molecule has 2 rings (SSSR count). The summed E-state index contributed by atoms with van der Waals surface area (Å²) >= 11 is 0. The summed E-state index contributed by atoms with van der Waals surface area (Å²) in [5, 5.41) is 14.7. The van der Waals surface area contributed by atoms with Gasteiger partial charge in [0.25, 0.3) is 5.91 Å². The zero-order chi connectivity index (χ0) is 14.2. The summed E-state index contributed by atoms with van der Waals surface area (Å²) in [5.41, 5.74) is 1.61. The van der Waals surface area contributed by atoms with Crippen LogP contribution in [-0.4, -0.2) is 43.9 Å². The molecular formula is C15H22N2O3. The zero-order valence-corrected chi connectivity index (χ0v) is 11.6. The minimum atomic E-state index is -0.161. The van der Waals surface area contributed by atoms with Crippen LogP contribution in [0.25, 0.3) is 0 Å². The fourth-order valence-corrected chi connectivity index (χ4v) is 2.24. The molecule has 0 radical (unpaired) electrons. The molecule has 110 valence electrons. The van der Waals surface area contributed by atoms with E-state index in [1.807, 2.05) is 12.1 Å². The number of aliphatic hydroxyl groups excluding tert-OH is 1. The van der Waals surface area contributed by atoms with Gasteiger partial charge in [0.2, 0.25) is 0 Å². The molecule has 1 aliphatic rings. The number of amides is 1. The quantitative estimate of drug-likeness (QED) is 0.732. The van der Waals surface area contributed by atoms with Crippen LogP contribution in [0.5, 0.6) is 0 Å². The third-order valence-corrected chi connectivity index (χ3v) is 3.39. The van der Waals surface area contributed by atoms with Crippen LogP contribution >= 0.6 is 0 Å². The molecule has 20 heavy (non-hydrogen) atoms. The van der Waals surface area contributed by atoms with Crippen molar-refractivity contribution in [3.05, 3.63) is 29.8 Å². The monoisotopic (exact) mass is 278 g/mol. The molecule has 0 aliphatic carbocycles. The van der Waals surface area contributed by atoms with Crippen LogP contribution < -0.4 is 10.6 Å². The third kappa shape index (κ3) is 4.51. The van der Waals surface area contributed by atoms with Crippen LogP contribution in [0.2, 0.25) is 0 Å². The molecule has 1 aromatic rings. The minimum Gasteiger partial charge on any atom is -0.395 e. The van der Waals surface area contributed by atoms with Gasteiger partial charge < -0.3 is 20.5 Å². The molecular weight excluding hydrogens is 256 g/mol. The SMILES string of the molecule is O=C(NCCO)c1ccc(NCC2CCCOC2)cc1. The Balaban J connectivity index is 1.80. The molecule has 1 aromatic carbocycles. The van der Waals surface area contributed by atoms with Crippen molar-refractivity contribution >= 4 is 11.6 Å². The predicted molar refractivity (Wildman–Crippen MR) is 77.9 cm³/mol. The highest BCUT2D eigenvalue weighted by Crippen LogP contribution is 2.15. The van der Waals surface area contributed by atoms with Crippen LogP contribution in [0.4, 0.5) is 5.69 Å². The van der Waals surface area contributed by atoms with Crippen molar-refractivity contribution in [3.8, 4) is 0 Å². The van der Waals surface area contributed by atoms with Crippen LogP contribution in [0.15, 0.2) is 24.3 Å². The highest BCUT2D eigenvalue weighted by molar-refractivity contribution is 5.94. The summed E-state index contributed by atoms with van der Waals surface area (Å²) in [6, 6.07) is 7.37. The maximum atomic E-state index is 11.7. The Morgan fingerprint density at radius 2 is 2.15 bits per heavy atom. The Morgan fingerprint density at radius 3 is 2.80 bits per heavy atom. The number of aliphatic hydroxyl groups is 1. The number of hydrogen-bond donors (Lipinski definition) is 3. The fourth-order valence-electron chi connectivity index (χ4n) is 2.24. The number of rotatable bonds is 6. The van der Waals surface area contributed by atoms with Gasteiger partial charge in [-0.3, -0.25) is 4.79 Å². The van der Waals surface area contributed by atoms with Gasteiger partial charge in [0.05, 0.1) is 13.2 Å². The van der Waals surface area contributed by atoms with E-state index in [-0.39, 0.29) is 19.1 Å². The van der Waals surface area contributed by atoms with Gasteiger partial charge in [-0.25, -0.2) is 0 Å². The van der Waals surface area contributed by atoms with Crippen LogP contribution in [0.1, 0.15) is 23.2 Å². The average Bonchev–Trinajstić information content (AvgIpc) is 2.52. The standard InChI is InChI=1S/C15H22N2O3/c18-8-7-16-15(19)13-3-5-14(6-4-13)17-10-12-2-1-9-20-11-12/h3-6,12,17-18H,1-2,7-11H2,(H,16,19). The Labute approximate surface area is 119 Å². The van der Waals surface area contributed by atoms with Gasteiger partial charge in [-0.05, 0) is 43.0 Å². The number of carbonyl (C=O) groups is 1. The molecule has 5 heteroatoms. The van der Waals surface area contributed by atoms with Crippen molar-refractivity contribution in [3.63, 3.8) is 0 Å². The van der Waals surface area contributed by atoms with E-state index in [0.717, 1.165) is 31.9 Å². The third-order valence-electron chi connectivity index (χ3n) is 3.39. The molecule has 3 N–H and O–H groups in total. The van der Waals surface area contributed by atoms with Crippen molar-refractivity contribution in [2.24, 2.45) is 5.92 Å². The largest absolute Gasteiger partial charge is 0.395 e. The zero-order valence-electron chi connectivity index (χ0n) is 11.6. The van der Waals surface area contributed by atoms with Gasteiger partial charge in [0.1, 0.15) is 0 Å². The topological polar surface area (TPSA) is 70.6 Å². The van der Waals surface area contributed by atoms with E-state index < -0.39 is 0 Å². The molecule has 1 atom stereocenters. The van der Waals surface area contributed by atoms with Crippen LogP contribution in [0, 0.1) is 5.92 Å². The number of nitrogens with one attached hydrogen (secondary N) is 2. The number of benzene rings is 1. The smallest absolute Gasteiger partial charge is 0.251 e. The van der Waals surface area contributed by atoms with Gasteiger partial charge >= 0.3 is 0 Å². The van der Waals surface area contributed by atoms with E-state index in [0.29, 0.717) is 11.5 Å². The highest BCUT2D eigenvalue weighted by atomic mass is 16.5. The van der Waals surface area contributed by atoms with Crippen LogP contribution in [0.3, 0.4) is 0 Å². The summed E-state index contributed by atoms with van der Waals surface area (Å²) < 4.78 is 5.45. The van der Waals surface area contributed by atoms with Crippen molar-refractivity contribution < 1.29 is 14.6 Å². The second-order valence-corrected chi connectivity index (χ2v) is 5.02. The molecule has 1 fully saturated rings. The van der Waals surface area contributed by atoms with Gasteiger partial charge in [-0.1, -0.05) is 0 Å². The number of ether oxygens (including phenoxy) is 1. The fraction of sp³-hybridized carbons (Fsp3) is 0.533. The molecule has 0 saturated carbocycles. The summed E-state index contributed by atoms with van der Waals surface area (Å²) in [6.45, 7) is 2.84. The average molecular weight is 278 g/mol. The summed E-state index contributed by atoms with van der Waals surface area (Å²) in [6.07, 6.45) is 2.34. The van der Waals surface area contributed by atoms with E-state index in [2.05, 4.69) is 10.6 Å². The first-order chi connectivity index (χ1) is 9.79. The number of hydrogen-bond acceptors (Lipinski definition) is 4. The van der Waals surface area contributed by atoms with Gasteiger partial charge in [-0.2, -0.15) is 0 Å². The van der Waals surface area contributed by atoms with E-state index in [4.69, 9.17) is 9.84 Å². The summed E-state index contributed by atoms with van der Waals surface area (Å²) in [4.78, 5) is 11.7. The lowest BCUT2D eigenvalue weighted by Crippen LogP contribution is -2.26. The van der Waals surface area contributed by atoms with Gasteiger partial charge in [-0.15, -0.1) is 0 Å². The Hall–Kier alpha value is -1.59. The normalized spacial score (nSPS) is 18.6. The molecule has 0 spiro atoms. The molecule has 1 heterocycles. The van der Waals surface area contributed by atoms with Crippen molar-refractivity contribution in [1.82, 2.24) is 5.32 Å². The van der Waals surface area contributed by atoms with Crippen molar-refractivity contribution in [2.45, 2.75) is 12.8 Å². The summed E-state index contributed by atoms with van der Waals surface area (Å²) in [5.74, 6) is 0.405. The minimum absolute atomic E-state index is 0.0468. The van der Waals surface area contributed by atoms with Crippen molar-refractivity contribution in [2.75, 3.05) is 38.2 Å². The van der Waals surface area contributed by atoms with Gasteiger partial charge in [0, 0.05) is 30.9 Å². The van der Waals surface area contributed by atoms with Crippen molar-refractivity contribution in [1.29, 1.82) is 0 Å². The molecule has 1 amide bonds. The molecule has 1 saturated heterocycles. The second-order valence-electron chi connectivity index (χ2n) is 5.02.